The second kappa shape index (κ2) is 3.43. The molecule has 0 spiro atoms. The van der Waals surface area contributed by atoms with Gasteiger partial charge in [0.2, 0.25) is 0 Å². The molecule has 0 atom stereocenters. The van der Waals surface area contributed by atoms with E-state index in [2.05, 4.69) is 22.2 Å². The van der Waals surface area contributed by atoms with Gasteiger partial charge in [-0.2, -0.15) is 0 Å². The van der Waals surface area contributed by atoms with Gasteiger partial charge in [-0.3, -0.25) is 0 Å². The molecule has 0 aliphatic carbocycles. The third-order valence-electron chi connectivity index (χ3n) is 0.512. The van der Waals surface area contributed by atoms with Crippen molar-refractivity contribution in [1.82, 2.24) is 9.97 Å². The fourth-order valence-corrected chi connectivity index (χ4v) is 0.412. The van der Waals surface area contributed by atoms with Crippen LogP contribution in [0.4, 0.5) is 0 Å². The molecule has 0 saturated heterocycles. The number of aromatic amines is 2. The Labute approximate surface area is 68.6 Å². The van der Waals surface area contributed by atoms with Gasteiger partial charge >= 0.3 is 0 Å². The summed E-state index contributed by atoms with van der Waals surface area (Å²) in [6.07, 6.45) is 3.50. The van der Waals surface area contributed by atoms with Crippen molar-refractivity contribution in [3.8, 4) is 0 Å². The van der Waals surface area contributed by atoms with Crippen molar-refractivity contribution in [2.75, 3.05) is 0 Å². The summed E-state index contributed by atoms with van der Waals surface area (Å²) in [5.41, 5.74) is 0. The van der Waals surface area contributed by atoms with Crippen molar-refractivity contribution in [2.24, 2.45) is 0 Å². The molecule has 0 unspecified atom stereocenters. The molecule has 0 fully saturated rings. The number of hydrogen-bond donors (Lipinski definition) is 2. The van der Waals surface area contributed by atoms with Gasteiger partial charge in [0.25, 0.3) is 0 Å². The Kier molecular flexibility index (Phi) is 3.65. The number of nitrogens with one attached hydrogen (secondary N) is 2. The summed E-state index contributed by atoms with van der Waals surface area (Å²) in [5, 5.41) is 0. The molecule has 1 heterocycles. The van der Waals surface area contributed by atoms with Crippen molar-refractivity contribution >= 4 is 41.8 Å². The monoisotopic (exact) mass is 123 g/mol. The predicted octanol–water partition coefficient (Wildman–Crippen LogP) is 0.691. The van der Waals surface area contributed by atoms with Gasteiger partial charge in [-0.15, -0.1) is 0 Å². The molecule has 0 saturated carbocycles. The van der Waals surface area contributed by atoms with E-state index in [1.807, 2.05) is 0 Å². The smallest absolute Gasteiger partial charge is 0.174 e. The van der Waals surface area contributed by atoms with Crippen LogP contribution in [0.5, 0.6) is 0 Å². The average molecular weight is 123 g/mol. The zero-order chi connectivity index (χ0) is 4.41. The Bertz CT molecular complexity index is 151. The van der Waals surface area contributed by atoms with E-state index >= 15 is 0 Å². The van der Waals surface area contributed by atoms with Crippen LogP contribution in [0.2, 0.25) is 0 Å². The summed E-state index contributed by atoms with van der Waals surface area (Å²) in [6.45, 7) is 0. The van der Waals surface area contributed by atoms with Crippen molar-refractivity contribution < 1.29 is 0 Å². The predicted molar refractivity (Wildman–Crippen MR) is 31.7 cm³/mol. The van der Waals surface area contributed by atoms with E-state index < -0.39 is 0 Å². The van der Waals surface area contributed by atoms with E-state index in [-0.39, 0.29) is 29.6 Å². The average Bonchev–Trinajstić information content (AvgIpc) is 1.86. The topological polar surface area (TPSA) is 31.6 Å². The first-order chi connectivity index (χ1) is 2.89. The second-order valence-electron chi connectivity index (χ2n) is 0.951. The van der Waals surface area contributed by atoms with E-state index in [1.165, 1.54) is 0 Å². The first-order valence-electron chi connectivity index (χ1n) is 1.61. The fraction of sp³-hybridized carbons (Fsp3) is 0. The Morgan fingerprint density at radius 3 is 1.86 bits per heavy atom. The minimum Gasteiger partial charge on any atom is -0.338 e. The molecule has 7 heavy (non-hydrogen) atoms. The van der Waals surface area contributed by atoms with Crippen LogP contribution in [0.25, 0.3) is 0 Å². The third kappa shape index (κ3) is 2.29. The quantitative estimate of drug-likeness (QED) is 0.386. The summed E-state index contributed by atoms with van der Waals surface area (Å²) in [4.78, 5) is 5.52. The van der Waals surface area contributed by atoms with E-state index in [1.54, 1.807) is 12.4 Å². The summed E-state index contributed by atoms with van der Waals surface area (Å²) in [6, 6.07) is 0. The Morgan fingerprint density at radius 1 is 1.29 bits per heavy atom. The number of rotatable bonds is 0. The van der Waals surface area contributed by atoms with Crippen LogP contribution >= 0.6 is 12.2 Å². The molecule has 0 bridgehead atoms. The van der Waals surface area contributed by atoms with Gasteiger partial charge in [-0.25, -0.2) is 0 Å². The van der Waals surface area contributed by atoms with Crippen molar-refractivity contribution in [1.29, 1.82) is 0 Å². The van der Waals surface area contributed by atoms with Crippen molar-refractivity contribution in [2.45, 2.75) is 0 Å². The Morgan fingerprint density at radius 2 is 1.71 bits per heavy atom. The molecule has 0 amide bonds. The molecule has 33 valence electrons. The van der Waals surface area contributed by atoms with Gasteiger partial charge in [-0.05, 0) is 12.2 Å². The molecular formula is C3H4N2NaS. The minimum absolute atomic E-state index is 0. The maximum Gasteiger partial charge on any atom is 0.174 e. The molecule has 0 aliphatic rings. The number of aromatic nitrogens is 2. The van der Waals surface area contributed by atoms with E-state index in [4.69, 9.17) is 0 Å². The van der Waals surface area contributed by atoms with Crippen LogP contribution in [0.3, 0.4) is 0 Å². The largest absolute Gasteiger partial charge is 0.338 e. The zero-order valence-electron chi connectivity index (χ0n) is 4.06. The summed E-state index contributed by atoms with van der Waals surface area (Å²) < 4.78 is 0.676. The van der Waals surface area contributed by atoms with Gasteiger partial charge in [0.15, 0.2) is 4.77 Å². The van der Waals surface area contributed by atoms with Crippen molar-refractivity contribution in [3.05, 3.63) is 17.2 Å². The van der Waals surface area contributed by atoms with Crippen LogP contribution in [0.1, 0.15) is 0 Å². The number of imidazole rings is 1. The summed E-state index contributed by atoms with van der Waals surface area (Å²) in [7, 11) is 0. The maximum absolute atomic E-state index is 4.63. The fourth-order valence-electron chi connectivity index (χ4n) is 0.276. The second-order valence-corrected chi connectivity index (χ2v) is 1.36. The van der Waals surface area contributed by atoms with Crippen LogP contribution in [0.15, 0.2) is 12.4 Å². The molecule has 1 aromatic rings. The molecular weight excluding hydrogens is 119 g/mol. The molecule has 4 heteroatoms. The first-order valence-corrected chi connectivity index (χ1v) is 2.02. The SMILES string of the molecule is S=c1[nH]cc[nH]1.[Na]. The summed E-state index contributed by atoms with van der Waals surface area (Å²) in [5.74, 6) is 0. The maximum atomic E-state index is 4.63. The van der Waals surface area contributed by atoms with Gasteiger partial charge in [-0.1, -0.05) is 0 Å². The molecule has 0 aliphatic heterocycles. The van der Waals surface area contributed by atoms with Crippen molar-refractivity contribution in [3.63, 3.8) is 0 Å². The molecule has 1 rings (SSSR count). The zero-order valence-corrected chi connectivity index (χ0v) is 6.88. The molecule has 1 aromatic heterocycles. The van der Waals surface area contributed by atoms with Crippen LogP contribution in [0, 0.1) is 4.77 Å². The Balaban J connectivity index is 0.000000360. The molecule has 1 radical (unpaired) electrons. The van der Waals surface area contributed by atoms with Gasteiger partial charge < -0.3 is 9.97 Å². The van der Waals surface area contributed by atoms with Gasteiger partial charge in [0.1, 0.15) is 0 Å². The van der Waals surface area contributed by atoms with Crippen LogP contribution < -0.4 is 0 Å². The van der Waals surface area contributed by atoms with E-state index in [0.717, 1.165) is 0 Å². The number of hydrogen-bond acceptors (Lipinski definition) is 1. The van der Waals surface area contributed by atoms with Gasteiger partial charge in [0.05, 0.1) is 0 Å². The van der Waals surface area contributed by atoms with E-state index in [9.17, 15) is 0 Å². The standard InChI is InChI=1S/C3H4N2S.Na/c6-3-4-1-2-5-3;/h1-2H,(H2,4,5,6);. The minimum atomic E-state index is 0. The molecule has 2 nitrogen and oxygen atoms in total. The first kappa shape index (κ1) is 7.43. The normalized spacial score (nSPS) is 7.43. The third-order valence-corrected chi connectivity index (χ3v) is 0.748. The Hall–Kier alpha value is 0.430. The number of H-pyrrole nitrogens is 2. The molecule has 0 aromatic carbocycles. The van der Waals surface area contributed by atoms with Gasteiger partial charge in [0, 0.05) is 42.0 Å². The van der Waals surface area contributed by atoms with Crippen LogP contribution in [-0.4, -0.2) is 39.5 Å². The molecule has 2 N–H and O–H groups in total. The van der Waals surface area contributed by atoms with Crippen LogP contribution in [-0.2, 0) is 0 Å². The summed E-state index contributed by atoms with van der Waals surface area (Å²) >= 11 is 4.63. The van der Waals surface area contributed by atoms with E-state index in [0.29, 0.717) is 4.77 Å².